The maximum absolute atomic E-state index is 5.51. The molecule has 0 aliphatic rings. The molecule has 1 N–H and O–H groups in total. The number of hydrogen-bond acceptors (Lipinski definition) is 2. The Labute approximate surface area is 112 Å². The average Bonchev–Trinajstić information content (AvgIpc) is 2.89. The van der Waals surface area contributed by atoms with Gasteiger partial charge in [0, 0.05) is 28.7 Å². The van der Waals surface area contributed by atoms with E-state index in [0.29, 0.717) is 6.54 Å². The van der Waals surface area contributed by atoms with E-state index in [1.165, 1.54) is 0 Å². The van der Waals surface area contributed by atoms with Gasteiger partial charge >= 0.3 is 0 Å². The fourth-order valence-corrected chi connectivity index (χ4v) is 2.09. The fraction of sp³-hybridized carbons (Fsp3) is 0.0588. The van der Waals surface area contributed by atoms with Crippen molar-refractivity contribution >= 4 is 16.7 Å². The van der Waals surface area contributed by atoms with Crippen molar-refractivity contribution < 1.29 is 4.42 Å². The van der Waals surface area contributed by atoms with Crippen molar-refractivity contribution in [1.29, 1.82) is 0 Å². The molecule has 2 heteroatoms. The number of furan rings is 1. The summed E-state index contributed by atoms with van der Waals surface area (Å²) >= 11 is 0. The molecule has 0 aliphatic heterocycles. The number of nitrogens with one attached hydrogen (secondary N) is 1. The molecule has 0 bridgehead atoms. The second-order valence-corrected chi connectivity index (χ2v) is 4.34. The van der Waals surface area contributed by atoms with Gasteiger partial charge in [0.1, 0.15) is 5.58 Å². The summed E-state index contributed by atoms with van der Waals surface area (Å²) < 4.78 is 5.51. The predicted molar refractivity (Wildman–Crippen MR) is 77.9 cm³/mol. The van der Waals surface area contributed by atoms with Crippen LogP contribution in [-0.4, -0.2) is 0 Å². The van der Waals surface area contributed by atoms with Crippen molar-refractivity contribution in [2.45, 2.75) is 6.54 Å². The van der Waals surface area contributed by atoms with Crippen LogP contribution in [0.1, 0.15) is 11.1 Å². The van der Waals surface area contributed by atoms with E-state index in [4.69, 9.17) is 10.8 Å². The minimum atomic E-state index is 0.713. The summed E-state index contributed by atoms with van der Waals surface area (Å²) in [4.78, 5) is 0. The van der Waals surface area contributed by atoms with Gasteiger partial charge in [0.05, 0.1) is 6.26 Å². The molecule has 0 atom stereocenters. The highest BCUT2D eigenvalue weighted by Crippen LogP contribution is 2.21. The largest absolute Gasteiger partial charge is 0.464 e. The zero-order valence-electron chi connectivity index (χ0n) is 10.4. The van der Waals surface area contributed by atoms with E-state index in [1.807, 2.05) is 42.5 Å². The van der Waals surface area contributed by atoms with E-state index in [1.54, 1.807) is 6.26 Å². The summed E-state index contributed by atoms with van der Waals surface area (Å²) in [5, 5.41) is 4.50. The van der Waals surface area contributed by atoms with E-state index < -0.39 is 0 Å². The average molecular weight is 247 g/mol. The van der Waals surface area contributed by atoms with E-state index in [9.17, 15) is 0 Å². The van der Waals surface area contributed by atoms with Gasteiger partial charge in [-0.25, -0.2) is 0 Å². The van der Waals surface area contributed by atoms with Crippen molar-refractivity contribution in [3.05, 3.63) is 65.9 Å². The lowest BCUT2D eigenvalue weighted by Gasteiger charge is -2.05. The Balaban J connectivity index is 1.81. The SMILES string of the molecule is C#Cc1cccc(NCc2coc3ccccc23)c1. The Kier molecular flexibility index (Phi) is 2.96. The molecule has 0 aliphatic carbocycles. The van der Waals surface area contributed by atoms with E-state index >= 15 is 0 Å². The van der Waals surface area contributed by atoms with Crippen LogP contribution in [0.25, 0.3) is 11.0 Å². The van der Waals surface area contributed by atoms with Crippen LogP contribution in [0, 0.1) is 12.3 Å². The number of fused-ring (bicyclic) bond motifs is 1. The number of terminal acetylenes is 1. The Morgan fingerprint density at radius 3 is 2.89 bits per heavy atom. The molecule has 0 amide bonds. The van der Waals surface area contributed by atoms with Gasteiger partial charge in [0.15, 0.2) is 0 Å². The normalized spacial score (nSPS) is 10.3. The highest BCUT2D eigenvalue weighted by molar-refractivity contribution is 5.81. The third kappa shape index (κ3) is 2.31. The van der Waals surface area contributed by atoms with Crippen LogP contribution in [-0.2, 0) is 6.54 Å². The van der Waals surface area contributed by atoms with Gasteiger partial charge in [0.25, 0.3) is 0 Å². The van der Waals surface area contributed by atoms with Crippen molar-refractivity contribution in [3.63, 3.8) is 0 Å². The lowest BCUT2D eigenvalue weighted by atomic mass is 10.1. The molecular weight excluding hydrogens is 234 g/mol. The summed E-state index contributed by atoms with van der Waals surface area (Å²) in [6, 6.07) is 15.8. The molecule has 1 aromatic heterocycles. The standard InChI is InChI=1S/C17H13NO/c1-2-13-6-5-7-15(10-13)18-11-14-12-19-17-9-4-3-8-16(14)17/h1,3-10,12,18H,11H2. The third-order valence-corrected chi connectivity index (χ3v) is 3.07. The topological polar surface area (TPSA) is 25.2 Å². The molecule has 3 rings (SSSR count). The number of anilines is 1. The number of hydrogen-bond donors (Lipinski definition) is 1. The monoisotopic (exact) mass is 247 g/mol. The zero-order valence-corrected chi connectivity index (χ0v) is 10.4. The summed E-state index contributed by atoms with van der Waals surface area (Å²) in [7, 11) is 0. The molecule has 0 fully saturated rings. The molecule has 1 heterocycles. The summed E-state index contributed by atoms with van der Waals surface area (Å²) in [5.74, 6) is 2.63. The van der Waals surface area contributed by atoms with Gasteiger partial charge in [-0.2, -0.15) is 0 Å². The first-order valence-electron chi connectivity index (χ1n) is 6.12. The highest BCUT2D eigenvalue weighted by Gasteiger charge is 2.04. The first-order chi connectivity index (χ1) is 9.36. The molecule has 0 spiro atoms. The second kappa shape index (κ2) is 4.91. The van der Waals surface area contributed by atoms with Gasteiger partial charge < -0.3 is 9.73 Å². The van der Waals surface area contributed by atoms with Crippen LogP contribution in [0.4, 0.5) is 5.69 Å². The first kappa shape index (κ1) is 11.4. The van der Waals surface area contributed by atoms with Crippen LogP contribution >= 0.6 is 0 Å². The van der Waals surface area contributed by atoms with Gasteiger partial charge in [-0.15, -0.1) is 6.42 Å². The molecule has 2 nitrogen and oxygen atoms in total. The molecule has 0 saturated heterocycles. The second-order valence-electron chi connectivity index (χ2n) is 4.34. The molecule has 19 heavy (non-hydrogen) atoms. The minimum Gasteiger partial charge on any atom is -0.464 e. The van der Waals surface area contributed by atoms with Crippen LogP contribution in [0.3, 0.4) is 0 Å². The van der Waals surface area contributed by atoms with Crippen LogP contribution < -0.4 is 5.32 Å². The number of benzene rings is 2. The zero-order chi connectivity index (χ0) is 13.1. The first-order valence-corrected chi connectivity index (χ1v) is 6.12. The molecule has 2 aromatic carbocycles. The molecule has 0 unspecified atom stereocenters. The minimum absolute atomic E-state index is 0.713. The Morgan fingerprint density at radius 2 is 2.00 bits per heavy atom. The summed E-state index contributed by atoms with van der Waals surface area (Å²) in [5.41, 5.74) is 3.95. The Hall–Kier alpha value is -2.66. The predicted octanol–water partition coefficient (Wildman–Crippen LogP) is 4.03. The van der Waals surface area contributed by atoms with Gasteiger partial charge in [-0.1, -0.05) is 30.2 Å². The molecule has 0 radical (unpaired) electrons. The van der Waals surface area contributed by atoms with Crippen molar-refractivity contribution in [1.82, 2.24) is 0 Å². The third-order valence-electron chi connectivity index (χ3n) is 3.07. The Bertz CT molecular complexity index is 749. The Morgan fingerprint density at radius 1 is 1.11 bits per heavy atom. The molecule has 3 aromatic rings. The summed E-state index contributed by atoms with van der Waals surface area (Å²) in [6.07, 6.45) is 7.19. The maximum atomic E-state index is 5.51. The lowest BCUT2D eigenvalue weighted by molar-refractivity contribution is 0.611. The van der Waals surface area contributed by atoms with Crippen LogP contribution in [0.15, 0.2) is 59.2 Å². The van der Waals surface area contributed by atoms with Gasteiger partial charge in [0.2, 0.25) is 0 Å². The van der Waals surface area contributed by atoms with E-state index in [2.05, 4.69) is 17.3 Å². The maximum Gasteiger partial charge on any atom is 0.134 e. The quantitative estimate of drug-likeness (QED) is 0.707. The molecule has 92 valence electrons. The van der Waals surface area contributed by atoms with Gasteiger partial charge in [-0.05, 0) is 24.3 Å². The van der Waals surface area contributed by atoms with E-state index in [0.717, 1.165) is 27.8 Å². The van der Waals surface area contributed by atoms with Crippen LogP contribution in [0.5, 0.6) is 0 Å². The van der Waals surface area contributed by atoms with Crippen molar-refractivity contribution in [3.8, 4) is 12.3 Å². The lowest BCUT2D eigenvalue weighted by Crippen LogP contribution is -1.98. The smallest absolute Gasteiger partial charge is 0.134 e. The fourth-order valence-electron chi connectivity index (χ4n) is 2.09. The van der Waals surface area contributed by atoms with Crippen LogP contribution in [0.2, 0.25) is 0 Å². The number of rotatable bonds is 3. The molecular formula is C17H13NO. The summed E-state index contributed by atoms with van der Waals surface area (Å²) in [6.45, 7) is 0.713. The van der Waals surface area contributed by atoms with Crippen molar-refractivity contribution in [2.75, 3.05) is 5.32 Å². The van der Waals surface area contributed by atoms with Gasteiger partial charge in [-0.3, -0.25) is 0 Å². The van der Waals surface area contributed by atoms with Crippen molar-refractivity contribution in [2.24, 2.45) is 0 Å². The van der Waals surface area contributed by atoms with E-state index in [-0.39, 0.29) is 0 Å². The highest BCUT2D eigenvalue weighted by atomic mass is 16.3. The molecule has 0 saturated carbocycles. The number of para-hydroxylation sites is 1.